The molecular formula is C18H24N4O3. The van der Waals surface area contributed by atoms with Crippen LogP contribution in [0.15, 0.2) is 12.1 Å². The summed E-state index contributed by atoms with van der Waals surface area (Å²) in [5.41, 5.74) is 1.05. The quantitative estimate of drug-likeness (QED) is 0.809. The molecule has 0 radical (unpaired) electrons. The van der Waals surface area contributed by atoms with E-state index in [4.69, 9.17) is 4.74 Å². The molecule has 0 spiro atoms. The molecule has 1 aromatic heterocycles. The highest BCUT2D eigenvalue weighted by atomic mass is 16.5. The first-order chi connectivity index (χ1) is 12.2. The number of carbonyl (C=O) groups is 2. The molecule has 2 atom stereocenters. The van der Waals surface area contributed by atoms with E-state index in [-0.39, 0.29) is 17.7 Å². The maximum atomic E-state index is 12.5. The smallest absolute Gasteiger partial charge is 0.235 e. The number of likely N-dealkylation sites (tertiary alicyclic amines) is 1. The van der Waals surface area contributed by atoms with Crippen molar-refractivity contribution in [3.8, 4) is 5.88 Å². The Labute approximate surface area is 147 Å². The van der Waals surface area contributed by atoms with Crippen molar-refractivity contribution in [2.24, 2.45) is 11.8 Å². The fourth-order valence-corrected chi connectivity index (χ4v) is 3.60. The van der Waals surface area contributed by atoms with E-state index in [1.54, 1.807) is 0 Å². The molecule has 7 nitrogen and oxygen atoms in total. The third kappa shape index (κ3) is 3.75. The molecule has 2 amide bonds. The summed E-state index contributed by atoms with van der Waals surface area (Å²) >= 11 is 0. The summed E-state index contributed by atoms with van der Waals surface area (Å²) in [7, 11) is 0. The Morgan fingerprint density at radius 2 is 2.12 bits per heavy atom. The predicted octanol–water partition coefficient (Wildman–Crippen LogP) is 1.11. The van der Waals surface area contributed by atoms with Crippen LogP contribution in [0.3, 0.4) is 0 Å². The van der Waals surface area contributed by atoms with Gasteiger partial charge >= 0.3 is 0 Å². The number of aromatic nitrogens is 2. The summed E-state index contributed by atoms with van der Waals surface area (Å²) in [4.78, 5) is 26.2. The van der Waals surface area contributed by atoms with Gasteiger partial charge in [0.05, 0.1) is 12.3 Å². The first kappa shape index (κ1) is 16.3. The van der Waals surface area contributed by atoms with Gasteiger partial charge in [0.15, 0.2) is 0 Å². The lowest BCUT2D eigenvalue weighted by Crippen LogP contribution is -2.46. The van der Waals surface area contributed by atoms with Gasteiger partial charge in [-0.3, -0.25) is 9.59 Å². The van der Waals surface area contributed by atoms with E-state index in [1.807, 2.05) is 17.0 Å². The van der Waals surface area contributed by atoms with E-state index in [9.17, 15) is 9.59 Å². The zero-order valence-electron chi connectivity index (χ0n) is 14.3. The van der Waals surface area contributed by atoms with Crippen LogP contribution in [-0.2, 0) is 9.59 Å². The summed E-state index contributed by atoms with van der Waals surface area (Å²) in [6.07, 6.45) is 4.84. The maximum absolute atomic E-state index is 12.5. The third-order valence-electron chi connectivity index (χ3n) is 5.30. The third-order valence-corrected chi connectivity index (χ3v) is 5.30. The molecule has 0 aromatic carbocycles. The second-order valence-corrected chi connectivity index (χ2v) is 7.31. The molecule has 1 saturated carbocycles. The van der Waals surface area contributed by atoms with Crippen molar-refractivity contribution in [3.05, 3.63) is 17.8 Å². The normalized spacial score (nSPS) is 26.4. The second kappa shape index (κ2) is 6.98. The SMILES string of the molecule is O=C1NCCCC1C(=O)N1CCC(COc2ccc(C3CC3)nn2)C1. The van der Waals surface area contributed by atoms with Crippen LogP contribution in [-0.4, -0.2) is 53.2 Å². The van der Waals surface area contributed by atoms with Crippen molar-refractivity contribution in [1.29, 1.82) is 0 Å². The molecule has 2 unspecified atom stereocenters. The molecule has 1 aliphatic carbocycles. The molecular weight excluding hydrogens is 320 g/mol. The number of nitrogens with zero attached hydrogens (tertiary/aromatic N) is 3. The van der Waals surface area contributed by atoms with Gasteiger partial charge < -0.3 is 15.0 Å². The van der Waals surface area contributed by atoms with E-state index >= 15 is 0 Å². The monoisotopic (exact) mass is 344 g/mol. The zero-order valence-corrected chi connectivity index (χ0v) is 14.3. The van der Waals surface area contributed by atoms with Crippen molar-refractivity contribution in [2.75, 3.05) is 26.2 Å². The minimum atomic E-state index is -0.505. The maximum Gasteiger partial charge on any atom is 0.235 e. The number of piperidine rings is 1. The average Bonchev–Trinajstić information content (AvgIpc) is 3.38. The molecule has 3 heterocycles. The highest BCUT2D eigenvalue weighted by Crippen LogP contribution is 2.38. The minimum Gasteiger partial charge on any atom is -0.476 e. The summed E-state index contributed by atoms with van der Waals surface area (Å²) in [5.74, 6) is 0.749. The predicted molar refractivity (Wildman–Crippen MR) is 89.9 cm³/mol. The highest BCUT2D eigenvalue weighted by molar-refractivity contribution is 6.00. The molecule has 1 aromatic rings. The van der Waals surface area contributed by atoms with Gasteiger partial charge in [-0.2, -0.15) is 5.10 Å². The van der Waals surface area contributed by atoms with Crippen LogP contribution in [0.2, 0.25) is 0 Å². The summed E-state index contributed by atoms with van der Waals surface area (Å²) in [6, 6.07) is 3.87. The Kier molecular flexibility index (Phi) is 4.55. The summed E-state index contributed by atoms with van der Waals surface area (Å²) < 4.78 is 5.75. The highest BCUT2D eigenvalue weighted by Gasteiger charge is 2.36. The van der Waals surface area contributed by atoms with Gasteiger partial charge in [0.1, 0.15) is 5.92 Å². The fourth-order valence-electron chi connectivity index (χ4n) is 3.60. The molecule has 3 aliphatic rings. The van der Waals surface area contributed by atoms with Crippen LogP contribution in [0.4, 0.5) is 0 Å². The number of rotatable bonds is 5. The van der Waals surface area contributed by atoms with E-state index in [2.05, 4.69) is 15.5 Å². The average molecular weight is 344 g/mol. The molecule has 4 rings (SSSR count). The molecule has 1 N–H and O–H groups in total. The number of carbonyl (C=O) groups excluding carboxylic acids is 2. The Morgan fingerprint density at radius 1 is 1.24 bits per heavy atom. The van der Waals surface area contributed by atoms with E-state index in [1.165, 1.54) is 12.8 Å². The van der Waals surface area contributed by atoms with Crippen molar-refractivity contribution < 1.29 is 14.3 Å². The van der Waals surface area contributed by atoms with Crippen molar-refractivity contribution >= 4 is 11.8 Å². The van der Waals surface area contributed by atoms with Gasteiger partial charge in [-0.15, -0.1) is 5.10 Å². The van der Waals surface area contributed by atoms with Gasteiger partial charge in [-0.25, -0.2) is 0 Å². The van der Waals surface area contributed by atoms with E-state index < -0.39 is 5.92 Å². The Morgan fingerprint density at radius 3 is 2.84 bits per heavy atom. The number of ether oxygens (including phenoxy) is 1. The molecule has 2 saturated heterocycles. The zero-order chi connectivity index (χ0) is 17.2. The van der Waals surface area contributed by atoms with Gasteiger partial charge in [-0.1, -0.05) is 0 Å². The van der Waals surface area contributed by atoms with Crippen LogP contribution < -0.4 is 10.1 Å². The van der Waals surface area contributed by atoms with Gasteiger partial charge in [0, 0.05) is 37.5 Å². The summed E-state index contributed by atoms with van der Waals surface area (Å²) in [6.45, 7) is 2.55. The molecule has 134 valence electrons. The Balaban J connectivity index is 1.26. The Bertz CT molecular complexity index is 644. The van der Waals surface area contributed by atoms with Crippen molar-refractivity contribution in [1.82, 2.24) is 20.4 Å². The fraction of sp³-hybridized carbons (Fsp3) is 0.667. The van der Waals surface area contributed by atoms with Crippen LogP contribution in [0.1, 0.15) is 43.7 Å². The van der Waals surface area contributed by atoms with Gasteiger partial charge in [-0.05, 0) is 38.2 Å². The van der Waals surface area contributed by atoms with E-state index in [0.29, 0.717) is 44.5 Å². The number of amides is 2. The number of hydrogen-bond acceptors (Lipinski definition) is 5. The number of hydrogen-bond donors (Lipinski definition) is 1. The largest absolute Gasteiger partial charge is 0.476 e. The van der Waals surface area contributed by atoms with E-state index in [0.717, 1.165) is 18.5 Å². The van der Waals surface area contributed by atoms with Crippen LogP contribution >= 0.6 is 0 Å². The molecule has 3 fully saturated rings. The summed E-state index contributed by atoms with van der Waals surface area (Å²) in [5, 5.41) is 11.1. The van der Waals surface area contributed by atoms with Gasteiger partial charge in [0.25, 0.3) is 0 Å². The van der Waals surface area contributed by atoms with Crippen LogP contribution in [0.5, 0.6) is 5.88 Å². The first-order valence-corrected chi connectivity index (χ1v) is 9.23. The lowest BCUT2D eigenvalue weighted by molar-refractivity contribution is -0.142. The molecule has 2 aliphatic heterocycles. The molecule has 0 bridgehead atoms. The standard InChI is InChI=1S/C18H24N4O3/c23-17-14(2-1-8-19-17)18(24)22-9-7-12(10-22)11-25-16-6-5-15(20-21-16)13-3-4-13/h5-6,12-14H,1-4,7-11H2,(H,19,23). The lowest BCUT2D eigenvalue weighted by atomic mass is 9.97. The second-order valence-electron chi connectivity index (χ2n) is 7.31. The minimum absolute atomic E-state index is 0.0340. The molecule has 25 heavy (non-hydrogen) atoms. The van der Waals surface area contributed by atoms with Crippen molar-refractivity contribution in [2.45, 2.75) is 38.0 Å². The van der Waals surface area contributed by atoms with Crippen LogP contribution in [0, 0.1) is 11.8 Å². The Hall–Kier alpha value is -2.18. The van der Waals surface area contributed by atoms with Crippen molar-refractivity contribution in [3.63, 3.8) is 0 Å². The topological polar surface area (TPSA) is 84.4 Å². The van der Waals surface area contributed by atoms with Gasteiger partial charge in [0.2, 0.25) is 17.7 Å². The number of nitrogens with one attached hydrogen (secondary N) is 1. The first-order valence-electron chi connectivity index (χ1n) is 9.23. The van der Waals surface area contributed by atoms with Crippen LogP contribution in [0.25, 0.3) is 0 Å². The molecule has 7 heteroatoms. The lowest BCUT2D eigenvalue weighted by Gasteiger charge is -2.26.